The Morgan fingerprint density at radius 3 is 2.11 bits per heavy atom. The van der Waals surface area contributed by atoms with Crippen LogP contribution in [0.1, 0.15) is 55.3 Å². The highest BCUT2D eigenvalue weighted by Crippen LogP contribution is 2.53. The minimum atomic E-state index is -4.10. The van der Waals surface area contributed by atoms with Crippen LogP contribution in [0.2, 0.25) is 0 Å². The number of ether oxygens (including phenoxy) is 1. The van der Waals surface area contributed by atoms with Gasteiger partial charge in [0.25, 0.3) is 5.91 Å². The second-order valence-corrected chi connectivity index (χ2v) is 11.3. The number of halogens is 3. The fraction of sp³-hybridized carbons (Fsp3) is 0.567. The van der Waals surface area contributed by atoms with E-state index in [1.165, 1.54) is 0 Å². The highest BCUT2D eigenvalue weighted by Gasteiger charge is 2.58. The maximum atomic E-state index is 13.5. The lowest BCUT2D eigenvalue weighted by molar-refractivity contribution is -0.256. The molecule has 0 aromatic heterocycles. The van der Waals surface area contributed by atoms with Crippen LogP contribution in [-0.2, 0) is 0 Å². The van der Waals surface area contributed by atoms with Gasteiger partial charge in [0.2, 0.25) is 0 Å². The van der Waals surface area contributed by atoms with Crippen molar-refractivity contribution in [3.05, 3.63) is 54.1 Å². The van der Waals surface area contributed by atoms with Gasteiger partial charge in [0.15, 0.2) is 0 Å². The first-order chi connectivity index (χ1) is 18.2. The van der Waals surface area contributed by atoms with Crippen molar-refractivity contribution in [2.45, 2.75) is 57.2 Å². The van der Waals surface area contributed by atoms with Crippen LogP contribution in [-0.4, -0.2) is 72.4 Å². The van der Waals surface area contributed by atoms with Gasteiger partial charge in [-0.05, 0) is 92.9 Å². The predicted molar refractivity (Wildman–Crippen MR) is 140 cm³/mol. The van der Waals surface area contributed by atoms with Gasteiger partial charge < -0.3 is 19.6 Å². The average Bonchev–Trinajstić information content (AvgIpc) is 2.89. The molecular formula is C30H37F3N2O3. The Morgan fingerprint density at radius 2 is 1.55 bits per heavy atom. The monoisotopic (exact) mass is 530 g/mol. The molecule has 0 radical (unpaired) electrons. The summed E-state index contributed by atoms with van der Waals surface area (Å²) in [5.41, 5.74) is 1.16. The van der Waals surface area contributed by atoms with E-state index < -0.39 is 17.7 Å². The van der Waals surface area contributed by atoms with Crippen molar-refractivity contribution in [1.29, 1.82) is 0 Å². The molecule has 8 heteroatoms. The van der Waals surface area contributed by atoms with Crippen LogP contribution >= 0.6 is 0 Å². The molecule has 2 aliphatic heterocycles. The second kappa shape index (κ2) is 11.3. The van der Waals surface area contributed by atoms with Crippen LogP contribution in [0.15, 0.2) is 48.5 Å². The summed E-state index contributed by atoms with van der Waals surface area (Å²) in [6.45, 7) is 3.17. The first-order valence-electron chi connectivity index (χ1n) is 13.8. The fourth-order valence-corrected chi connectivity index (χ4v) is 5.96. The van der Waals surface area contributed by atoms with Crippen LogP contribution < -0.4 is 4.74 Å². The van der Waals surface area contributed by atoms with Crippen molar-refractivity contribution < 1.29 is 27.8 Å². The van der Waals surface area contributed by atoms with Crippen molar-refractivity contribution in [3.63, 3.8) is 0 Å². The molecule has 1 amide bonds. The normalized spacial score (nSPS) is 22.6. The molecule has 1 aliphatic carbocycles. The van der Waals surface area contributed by atoms with Gasteiger partial charge in [-0.15, -0.1) is 0 Å². The van der Waals surface area contributed by atoms with E-state index in [1.807, 2.05) is 53.4 Å². The molecule has 2 aromatic rings. The number of benzene rings is 2. The third-order valence-electron chi connectivity index (χ3n) is 8.63. The number of β-amino-alcohol motifs (C(OH)–C–C–N with tert-alkyl or cyclic N) is 1. The van der Waals surface area contributed by atoms with Crippen molar-refractivity contribution in [1.82, 2.24) is 9.80 Å². The molecular weight excluding hydrogens is 493 g/mol. The standard InChI is InChI=1S/C30H37F3N2O3/c31-30(32,33)29(14-2-15-29)21-34-17-12-22(13-18-34)20-38-27-10-8-24(9-11-27)23-4-6-25(7-5-23)28(37)35-16-1-3-26(36)19-35/h4-11,22,26,36H,1-3,12-21H2. The van der Waals surface area contributed by atoms with E-state index in [1.54, 1.807) is 4.90 Å². The number of aliphatic hydroxyl groups excluding tert-OH is 1. The number of piperidine rings is 2. The minimum Gasteiger partial charge on any atom is -0.493 e. The molecule has 1 unspecified atom stereocenters. The van der Waals surface area contributed by atoms with Gasteiger partial charge in [-0.3, -0.25) is 4.79 Å². The maximum absolute atomic E-state index is 13.5. The van der Waals surface area contributed by atoms with Gasteiger partial charge in [-0.2, -0.15) is 13.2 Å². The lowest BCUT2D eigenvalue weighted by Gasteiger charge is -2.47. The maximum Gasteiger partial charge on any atom is 0.395 e. The summed E-state index contributed by atoms with van der Waals surface area (Å²) >= 11 is 0. The van der Waals surface area contributed by atoms with Crippen LogP contribution in [0.3, 0.4) is 0 Å². The van der Waals surface area contributed by atoms with Crippen LogP contribution in [0.5, 0.6) is 5.75 Å². The molecule has 1 saturated carbocycles. The molecule has 0 spiro atoms. The topological polar surface area (TPSA) is 53.0 Å². The summed E-state index contributed by atoms with van der Waals surface area (Å²) in [6.07, 6.45) is -0.0614. The molecule has 5 nitrogen and oxygen atoms in total. The first kappa shape index (κ1) is 27.0. The van der Waals surface area contributed by atoms with E-state index in [2.05, 4.69) is 0 Å². The summed E-state index contributed by atoms with van der Waals surface area (Å²) < 4.78 is 46.5. The highest BCUT2D eigenvalue weighted by molar-refractivity contribution is 5.94. The van der Waals surface area contributed by atoms with Crippen molar-refractivity contribution in [3.8, 4) is 16.9 Å². The quantitative estimate of drug-likeness (QED) is 0.494. The molecule has 2 saturated heterocycles. The number of likely N-dealkylation sites (tertiary alicyclic amines) is 2. The lowest BCUT2D eigenvalue weighted by atomic mass is 9.67. The van der Waals surface area contributed by atoms with Crippen molar-refractivity contribution >= 4 is 5.91 Å². The zero-order chi connectivity index (χ0) is 26.8. The number of aliphatic hydroxyl groups is 1. The van der Waals surface area contributed by atoms with Gasteiger partial charge >= 0.3 is 6.18 Å². The Morgan fingerprint density at radius 1 is 0.921 bits per heavy atom. The van der Waals surface area contributed by atoms with E-state index in [9.17, 15) is 23.1 Å². The molecule has 3 aliphatic rings. The Balaban J connectivity index is 1.08. The zero-order valence-corrected chi connectivity index (χ0v) is 21.8. The largest absolute Gasteiger partial charge is 0.493 e. The number of nitrogens with zero attached hydrogens (tertiary/aromatic N) is 2. The first-order valence-corrected chi connectivity index (χ1v) is 13.8. The number of carbonyl (C=O) groups excluding carboxylic acids is 1. The number of amides is 1. The lowest BCUT2D eigenvalue weighted by Crippen LogP contribution is -2.53. The number of hydrogen-bond acceptors (Lipinski definition) is 4. The summed E-state index contributed by atoms with van der Waals surface area (Å²) in [6, 6.07) is 15.4. The van der Waals surface area contributed by atoms with E-state index in [0.29, 0.717) is 50.7 Å². The number of carbonyl (C=O) groups is 1. The summed E-state index contributed by atoms with van der Waals surface area (Å²) in [7, 11) is 0. The summed E-state index contributed by atoms with van der Waals surface area (Å²) in [5, 5.41) is 9.84. The van der Waals surface area contributed by atoms with E-state index >= 15 is 0 Å². The molecule has 2 heterocycles. The smallest absolute Gasteiger partial charge is 0.395 e. The number of rotatable bonds is 7. The molecule has 2 aromatic carbocycles. The number of hydrogen-bond donors (Lipinski definition) is 1. The van der Waals surface area contributed by atoms with E-state index in [-0.39, 0.29) is 25.3 Å². The average molecular weight is 531 g/mol. The Hall–Kier alpha value is -2.58. The van der Waals surface area contributed by atoms with Gasteiger partial charge in [0.05, 0.1) is 18.1 Å². The Kier molecular flexibility index (Phi) is 8.00. The van der Waals surface area contributed by atoms with Gasteiger partial charge in [0, 0.05) is 25.2 Å². The molecule has 3 fully saturated rings. The zero-order valence-electron chi connectivity index (χ0n) is 21.8. The number of alkyl halides is 3. The Labute approximate surface area is 222 Å². The van der Waals surface area contributed by atoms with Gasteiger partial charge in [-0.25, -0.2) is 0 Å². The summed E-state index contributed by atoms with van der Waals surface area (Å²) in [5.74, 6) is 1.07. The molecule has 0 bridgehead atoms. The fourth-order valence-electron chi connectivity index (χ4n) is 5.96. The minimum absolute atomic E-state index is 0.0484. The van der Waals surface area contributed by atoms with Gasteiger partial charge in [0.1, 0.15) is 5.75 Å². The van der Waals surface area contributed by atoms with Crippen LogP contribution in [0.25, 0.3) is 11.1 Å². The third kappa shape index (κ3) is 6.01. The highest BCUT2D eigenvalue weighted by atomic mass is 19.4. The van der Waals surface area contributed by atoms with Crippen LogP contribution in [0.4, 0.5) is 13.2 Å². The summed E-state index contributed by atoms with van der Waals surface area (Å²) in [4.78, 5) is 16.4. The molecule has 5 rings (SSSR count). The predicted octanol–water partition coefficient (Wildman–Crippen LogP) is 5.77. The van der Waals surface area contributed by atoms with E-state index in [4.69, 9.17) is 4.74 Å². The third-order valence-corrected chi connectivity index (χ3v) is 8.63. The van der Waals surface area contributed by atoms with E-state index in [0.717, 1.165) is 42.6 Å². The second-order valence-electron chi connectivity index (χ2n) is 11.3. The van der Waals surface area contributed by atoms with Gasteiger partial charge in [-0.1, -0.05) is 30.7 Å². The molecule has 1 N–H and O–H groups in total. The molecule has 206 valence electrons. The molecule has 38 heavy (non-hydrogen) atoms. The van der Waals surface area contributed by atoms with Crippen molar-refractivity contribution in [2.75, 3.05) is 39.3 Å². The Bertz CT molecular complexity index is 1080. The molecule has 1 atom stereocenters. The van der Waals surface area contributed by atoms with Crippen molar-refractivity contribution in [2.24, 2.45) is 11.3 Å². The SMILES string of the molecule is O=C(c1ccc(-c2ccc(OCC3CCN(CC4(C(F)(F)F)CCC4)CC3)cc2)cc1)N1CCCC(O)C1. The van der Waals surface area contributed by atoms with Crippen LogP contribution in [0, 0.1) is 11.3 Å².